The average Bonchev–Trinajstić information content (AvgIpc) is 3.33. The fourth-order valence-electron chi connectivity index (χ4n) is 3.59. The number of nitrogens with zero attached hydrogens (tertiary/aromatic N) is 2. The van der Waals surface area contributed by atoms with Gasteiger partial charge in [0.25, 0.3) is 5.91 Å². The molecular weight excluding hydrogens is 440 g/mol. The molecule has 0 spiro atoms. The van der Waals surface area contributed by atoms with E-state index in [9.17, 15) is 14.9 Å². The van der Waals surface area contributed by atoms with Gasteiger partial charge in [-0.1, -0.05) is 36.0 Å². The number of anilines is 1. The SMILES string of the molecule is CCN(CC)C(=O)CSC1=C(C#N)[C@@H](c2cccs2)C(C(=O)Nc2ccccc2)=C(C)N1. The van der Waals surface area contributed by atoms with Gasteiger partial charge in [0.2, 0.25) is 5.91 Å². The standard InChI is InChI=1S/C24H26N4O2S2/c1-4-28(5-2)20(29)15-32-24-18(14-25)22(19-12-9-13-31-19)21(16(3)26-24)23(30)27-17-10-7-6-8-11-17/h6-13,22,26H,4-5,15H2,1-3H3,(H,27,30)/t22-/m0/s1. The van der Waals surface area contributed by atoms with Gasteiger partial charge in [0.05, 0.1) is 28.3 Å². The topological polar surface area (TPSA) is 85.2 Å². The van der Waals surface area contributed by atoms with Gasteiger partial charge in [0.1, 0.15) is 0 Å². The van der Waals surface area contributed by atoms with E-state index in [2.05, 4.69) is 16.7 Å². The van der Waals surface area contributed by atoms with E-state index in [1.807, 2.05) is 68.6 Å². The van der Waals surface area contributed by atoms with E-state index < -0.39 is 5.92 Å². The first-order chi connectivity index (χ1) is 15.5. The molecule has 0 bridgehead atoms. The fraction of sp³-hybridized carbons (Fsp3) is 0.292. The lowest BCUT2D eigenvalue weighted by Crippen LogP contribution is -2.33. The first-order valence-corrected chi connectivity index (χ1v) is 12.3. The van der Waals surface area contributed by atoms with E-state index in [1.165, 1.54) is 23.1 Å². The van der Waals surface area contributed by atoms with E-state index in [-0.39, 0.29) is 17.6 Å². The van der Waals surface area contributed by atoms with Gasteiger partial charge in [0.15, 0.2) is 0 Å². The van der Waals surface area contributed by atoms with Gasteiger partial charge in [0, 0.05) is 34.9 Å². The van der Waals surface area contributed by atoms with Gasteiger partial charge in [-0.15, -0.1) is 11.3 Å². The maximum Gasteiger partial charge on any atom is 0.254 e. The molecule has 2 aromatic rings. The van der Waals surface area contributed by atoms with Crippen LogP contribution in [0, 0.1) is 11.3 Å². The van der Waals surface area contributed by atoms with Gasteiger partial charge in [-0.3, -0.25) is 9.59 Å². The summed E-state index contributed by atoms with van der Waals surface area (Å²) in [6.45, 7) is 7.02. The summed E-state index contributed by atoms with van der Waals surface area (Å²) in [5.74, 6) is -0.495. The van der Waals surface area contributed by atoms with E-state index in [1.54, 1.807) is 4.90 Å². The first kappa shape index (κ1) is 23.6. The molecule has 8 heteroatoms. The maximum atomic E-state index is 13.3. The zero-order valence-corrected chi connectivity index (χ0v) is 20.0. The normalized spacial score (nSPS) is 15.8. The van der Waals surface area contributed by atoms with E-state index in [0.29, 0.717) is 40.6 Å². The van der Waals surface area contributed by atoms with Crippen molar-refractivity contribution in [1.82, 2.24) is 10.2 Å². The van der Waals surface area contributed by atoms with Crippen LogP contribution in [0.2, 0.25) is 0 Å². The second-order valence-electron chi connectivity index (χ2n) is 7.14. The Morgan fingerprint density at radius 2 is 1.91 bits per heavy atom. The fourth-order valence-corrected chi connectivity index (χ4v) is 5.43. The zero-order valence-electron chi connectivity index (χ0n) is 18.3. The Bertz CT molecular complexity index is 1070. The van der Waals surface area contributed by atoms with E-state index in [4.69, 9.17) is 0 Å². The largest absolute Gasteiger partial charge is 0.353 e. The van der Waals surface area contributed by atoms with E-state index in [0.717, 1.165) is 4.88 Å². The summed E-state index contributed by atoms with van der Waals surface area (Å²) in [6.07, 6.45) is 0. The van der Waals surface area contributed by atoms with Crippen LogP contribution in [0.25, 0.3) is 0 Å². The Kier molecular flexibility index (Phi) is 8.14. The van der Waals surface area contributed by atoms with Crippen LogP contribution >= 0.6 is 23.1 Å². The van der Waals surface area contributed by atoms with Crippen LogP contribution in [0.15, 0.2) is 69.7 Å². The highest BCUT2D eigenvalue weighted by Crippen LogP contribution is 2.42. The molecule has 1 aromatic carbocycles. The molecule has 166 valence electrons. The lowest BCUT2D eigenvalue weighted by atomic mass is 9.86. The highest BCUT2D eigenvalue weighted by atomic mass is 32.2. The number of rotatable bonds is 8. The summed E-state index contributed by atoms with van der Waals surface area (Å²) in [4.78, 5) is 28.5. The van der Waals surface area contributed by atoms with Crippen molar-refractivity contribution in [2.45, 2.75) is 26.7 Å². The van der Waals surface area contributed by atoms with Gasteiger partial charge >= 0.3 is 0 Å². The van der Waals surface area contributed by atoms with Crippen molar-refractivity contribution in [3.63, 3.8) is 0 Å². The quantitative estimate of drug-likeness (QED) is 0.590. The smallest absolute Gasteiger partial charge is 0.254 e. The summed E-state index contributed by atoms with van der Waals surface area (Å²) in [5.41, 5.74) is 2.32. The van der Waals surface area contributed by atoms with Crippen LogP contribution in [-0.4, -0.2) is 35.6 Å². The van der Waals surface area contributed by atoms with Gasteiger partial charge in [-0.2, -0.15) is 5.26 Å². The van der Waals surface area contributed by atoms with Crippen molar-refractivity contribution in [3.05, 3.63) is 74.6 Å². The predicted molar refractivity (Wildman–Crippen MR) is 131 cm³/mol. The van der Waals surface area contributed by atoms with Crippen LogP contribution in [0.5, 0.6) is 0 Å². The van der Waals surface area contributed by atoms with E-state index >= 15 is 0 Å². The predicted octanol–water partition coefficient (Wildman–Crippen LogP) is 4.68. The second kappa shape index (κ2) is 11.0. The lowest BCUT2D eigenvalue weighted by molar-refractivity contribution is -0.128. The minimum absolute atomic E-state index is 0.0218. The monoisotopic (exact) mass is 466 g/mol. The zero-order chi connectivity index (χ0) is 23.1. The minimum Gasteiger partial charge on any atom is -0.353 e. The molecule has 1 atom stereocenters. The molecule has 2 N–H and O–H groups in total. The Morgan fingerprint density at radius 1 is 1.19 bits per heavy atom. The van der Waals surface area contributed by atoms with Crippen LogP contribution in [-0.2, 0) is 9.59 Å². The summed E-state index contributed by atoms with van der Waals surface area (Å²) in [5, 5.41) is 18.8. The number of thiophene rings is 1. The number of carbonyl (C=O) groups excluding carboxylic acids is 2. The molecule has 2 heterocycles. The number of nitriles is 1. The van der Waals surface area contributed by atoms with Gasteiger partial charge < -0.3 is 15.5 Å². The van der Waals surface area contributed by atoms with Crippen molar-refractivity contribution in [2.24, 2.45) is 0 Å². The first-order valence-electron chi connectivity index (χ1n) is 10.4. The molecular formula is C24H26N4O2S2. The molecule has 32 heavy (non-hydrogen) atoms. The third-order valence-electron chi connectivity index (χ3n) is 5.21. The average molecular weight is 467 g/mol. The molecule has 2 amide bonds. The van der Waals surface area contributed by atoms with Gasteiger partial charge in [-0.05, 0) is 44.4 Å². The number of hydrogen-bond donors (Lipinski definition) is 2. The molecule has 0 fully saturated rings. The third-order valence-corrected chi connectivity index (χ3v) is 7.15. The number of thioether (sulfide) groups is 1. The number of nitrogens with one attached hydrogen (secondary N) is 2. The summed E-state index contributed by atoms with van der Waals surface area (Å²) < 4.78 is 0. The number of amides is 2. The summed E-state index contributed by atoms with van der Waals surface area (Å²) in [7, 11) is 0. The number of benzene rings is 1. The molecule has 1 aliphatic rings. The minimum atomic E-state index is -0.490. The maximum absolute atomic E-state index is 13.3. The van der Waals surface area contributed by atoms with Gasteiger partial charge in [-0.25, -0.2) is 0 Å². The Balaban J connectivity index is 1.93. The van der Waals surface area contributed by atoms with Crippen LogP contribution in [0.4, 0.5) is 5.69 Å². The van der Waals surface area contributed by atoms with Crippen molar-refractivity contribution in [2.75, 3.05) is 24.2 Å². The number of dihydropyridines is 1. The molecule has 6 nitrogen and oxygen atoms in total. The summed E-state index contributed by atoms with van der Waals surface area (Å²) >= 11 is 2.82. The highest BCUT2D eigenvalue weighted by molar-refractivity contribution is 8.03. The lowest BCUT2D eigenvalue weighted by Gasteiger charge is -2.29. The number of hydrogen-bond acceptors (Lipinski definition) is 6. The Labute approximate surface area is 197 Å². The molecule has 0 aliphatic carbocycles. The molecule has 3 rings (SSSR count). The van der Waals surface area contributed by atoms with Crippen molar-refractivity contribution < 1.29 is 9.59 Å². The Morgan fingerprint density at radius 3 is 2.50 bits per heavy atom. The van der Waals surface area contributed by atoms with Crippen LogP contribution < -0.4 is 10.6 Å². The summed E-state index contributed by atoms with van der Waals surface area (Å²) in [6, 6.07) is 15.4. The van der Waals surface area contributed by atoms with Crippen LogP contribution in [0.1, 0.15) is 31.6 Å². The molecule has 0 unspecified atom stereocenters. The number of carbonyl (C=O) groups is 2. The van der Waals surface area contributed by atoms with Crippen molar-refractivity contribution in [1.29, 1.82) is 5.26 Å². The van der Waals surface area contributed by atoms with Crippen molar-refractivity contribution >= 4 is 40.6 Å². The molecule has 1 aromatic heterocycles. The second-order valence-corrected chi connectivity index (χ2v) is 9.11. The molecule has 0 radical (unpaired) electrons. The molecule has 0 saturated heterocycles. The molecule has 1 aliphatic heterocycles. The van der Waals surface area contributed by atoms with Crippen LogP contribution in [0.3, 0.4) is 0 Å². The Hall–Kier alpha value is -3.02. The number of allylic oxidation sites excluding steroid dienone is 2. The highest BCUT2D eigenvalue weighted by Gasteiger charge is 2.35. The third kappa shape index (κ3) is 5.23. The molecule has 0 saturated carbocycles. The number of para-hydroxylation sites is 1. The van der Waals surface area contributed by atoms with Crippen molar-refractivity contribution in [3.8, 4) is 6.07 Å².